The van der Waals surface area contributed by atoms with E-state index in [0.29, 0.717) is 5.41 Å². The van der Waals surface area contributed by atoms with Crippen LogP contribution in [0.25, 0.3) is 0 Å². The maximum absolute atomic E-state index is 2.59. The Morgan fingerprint density at radius 3 is 2.31 bits per heavy atom. The molecule has 0 N–H and O–H groups in total. The van der Waals surface area contributed by atoms with Gasteiger partial charge in [0.15, 0.2) is 0 Å². The second-order valence-corrected chi connectivity index (χ2v) is 5.63. The van der Waals surface area contributed by atoms with E-state index in [1.165, 1.54) is 26.2 Å². The van der Waals surface area contributed by atoms with Gasteiger partial charge in [-0.25, -0.2) is 0 Å². The van der Waals surface area contributed by atoms with Crippen LogP contribution in [0, 0.1) is 5.41 Å². The van der Waals surface area contributed by atoms with E-state index < -0.39 is 0 Å². The van der Waals surface area contributed by atoms with Crippen molar-refractivity contribution in [3.8, 4) is 0 Å². The smallest absolute Gasteiger partial charge is 0.0192 e. The zero-order valence-corrected chi connectivity index (χ0v) is 9.80. The van der Waals surface area contributed by atoms with E-state index in [0.717, 1.165) is 6.04 Å². The minimum atomic E-state index is 0.440. The van der Waals surface area contributed by atoms with Gasteiger partial charge in [-0.1, -0.05) is 20.8 Å². The molecule has 2 nitrogen and oxygen atoms in total. The molecule has 0 bridgehead atoms. The van der Waals surface area contributed by atoms with Crippen molar-refractivity contribution in [2.45, 2.75) is 33.7 Å². The molecule has 0 aromatic rings. The molecule has 1 saturated heterocycles. The number of likely N-dealkylation sites (N-methyl/N-ethyl adjacent to an activating group) is 1. The summed E-state index contributed by atoms with van der Waals surface area (Å²) in [4.78, 5) is 5.03. The van der Waals surface area contributed by atoms with Crippen LogP contribution in [-0.4, -0.2) is 49.1 Å². The lowest BCUT2D eigenvalue weighted by Crippen LogP contribution is -2.51. The van der Waals surface area contributed by atoms with Gasteiger partial charge in [-0.05, 0) is 19.4 Å². The summed E-state index contributed by atoms with van der Waals surface area (Å²) in [6.45, 7) is 14.2. The van der Waals surface area contributed by atoms with Crippen LogP contribution in [0.2, 0.25) is 0 Å². The first-order valence-corrected chi connectivity index (χ1v) is 5.31. The Labute approximate surface area is 82.9 Å². The summed E-state index contributed by atoms with van der Waals surface area (Å²) in [5.41, 5.74) is 0.440. The molecule has 13 heavy (non-hydrogen) atoms. The first kappa shape index (κ1) is 11.0. The lowest BCUT2D eigenvalue weighted by Gasteiger charge is -2.40. The SMILES string of the molecule is C[C@H]1CN(CC(C)(C)C)CCN1C. The Bertz CT molecular complexity index is 160. The summed E-state index contributed by atoms with van der Waals surface area (Å²) < 4.78 is 0. The molecule has 2 heteroatoms. The van der Waals surface area contributed by atoms with E-state index in [1.54, 1.807) is 0 Å². The van der Waals surface area contributed by atoms with Crippen LogP contribution in [0.5, 0.6) is 0 Å². The molecule has 1 aliphatic heterocycles. The van der Waals surface area contributed by atoms with Crippen LogP contribution >= 0.6 is 0 Å². The average molecular weight is 184 g/mol. The Balaban J connectivity index is 2.38. The molecule has 1 fully saturated rings. The van der Waals surface area contributed by atoms with Crippen molar-refractivity contribution >= 4 is 0 Å². The summed E-state index contributed by atoms with van der Waals surface area (Å²) in [6.07, 6.45) is 0. The fourth-order valence-electron chi connectivity index (χ4n) is 1.94. The number of piperazine rings is 1. The quantitative estimate of drug-likeness (QED) is 0.611. The predicted octanol–water partition coefficient (Wildman–Crippen LogP) is 1.67. The Morgan fingerprint density at radius 2 is 1.85 bits per heavy atom. The Morgan fingerprint density at radius 1 is 1.23 bits per heavy atom. The largest absolute Gasteiger partial charge is 0.301 e. The van der Waals surface area contributed by atoms with Gasteiger partial charge < -0.3 is 9.80 Å². The summed E-state index contributed by atoms with van der Waals surface area (Å²) >= 11 is 0. The van der Waals surface area contributed by atoms with Gasteiger partial charge in [-0.15, -0.1) is 0 Å². The van der Waals surface area contributed by atoms with Crippen molar-refractivity contribution in [2.24, 2.45) is 5.41 Å². The van der Waals surface area contributed by atoms with Crippen LogP contribution in [0.4, 0.5) is 0 Å². The topological polar surface area (TPSA) is 6.48 Å². The van der Waals surface area contributed by atoms with Crippen LogP contribution in [0.15, 0.2) is 0 Å². The number of hydrogen-bond acceptors (Lipinski definition) is 2. The third kappa shape index (κ3) is 3.65. The second-order valence-electron chi connectivity index (χ2n) is 5.63. The lowest BCUT2D eigenvalue weighted by molar-refractivity contribution is 0.0794. The molecular weight excluding hydrogens is 160 g/mol. The van der Waals surface area contributed by atoms with Crippen LogP contribution < -0.4 is 0 Å². The van der Waals surface area contributed by atoms with Gasteiger partial charge >= 0.3 is 0 Å². The summed E-state index contributed by atoms with van der Waals surface area (Å²) in [5, 5.41) is 0. The predicted molar refractivity (Wildman–Crippen MR) is 58.0 cm³/mol. The Kier molecular flexibility index (Phi) is 3.36. The van der Waals surface area contributed by atoms with Gasteiger partial charge in [-0.2, -0.15) is 0 Å². The van der Waals surface area contributed by atoms with Crippen LogP contribution in [0.3, 0.4) is 0 Å². The van der Waals surface area contributed by atoms with Crippen molar-refractivity contribution in [3.05, 3.63) is 0 Å². The molecular formula is C11H24N2. The summed E-state index contributed by atoms with van der Waals surface area (Å²) in [5.74, 6) is 0. The highest BCUT2D eigenvalue weighted by atomic mass is 15.3. The first-order chi connectivity index (χ1) is 5.88. The van der Waals surface area contributed by atoms with E-state index in [1.807, 2.05) is 0 Å². The highest BCUT2D eigenvalue weighted by molar-refractivity contribution is 4.79. The van der Waals surface area contributed by atoms with Crippen molar-refractivity contribution in [1.82, 2.24) is 9.80 Å². The molecule has 0 unspecified atom stereocenters. The maximum atomic E-state index is 2.59. The lowest BCUT2D eigenvalue weighted by atomic mass is 9.95. The molecule has 0 saturated carbocycles. The standard InChI is InChI=1S/C11H24N2/c1-10-8-13(7-6-12(10)5)9-11(2,3)4/h10H,6-9H2,1-5H3/t10-/m0/s1. The fraction of sp³-hybridized carbons (Fsp3) is 1.00. The third-order valence-electron chi connectivity index (χ3n) is 2.74. The van der Waals surface area contributed by atoms with E-state index >= 15 is 0 Å². The van der Waals surface area contributed by atoms with Gasteiger partial charge in [0.2, 0.25) is 0 Å². The molecule has 1 aliphatic rings. The first-order valence-electron chi connectivity index (χ1n) is 5.31. The van der Waals surface area contributed by atoms with Gasteiger partial charge in [0.1, 0.15) is 0 Å². The molecule has 0 radical (unpaired) electrons. The van der Waals surface area contributed by atoms with E-state index in [9.17, 15) is 0 Å². The molecule has 1 rings (SSSR count). The molecule has 0 spiro atoms. The highest BCUT2D eigenvalue weighted by Crippen LogP contribution is 2.17. The zero-order chi connectivity index (χ0) is 10.1. The van der Waals surface area contributed by atoms with Crippen LogP contribution in [0.1, 0.15) is 27.7 Å². The van der Waals surface area contributed by atoms with E-state index in [4.69, 9.17) is 0 Å². The molecule has 1 atom stereocenters. The van der Waals surface area contributed by atoms with Crippen molar-refractivity contribution in [2.75, 3.05) is 33.2 Å². The number of nitrogens with zero attached hydrogens (tertiary/aromatic N) is 2. The number of rotatable bonds is 1. The second kappa shape index (κ2) is 3.97. The van der Waals surface area contributed by atoms with Gasteiger partial charge in [-0.3, -0.25) is 0 Å². The fourth-order valence-corrected chi connectivity index (χ4v) is 1.94. The minimum Gasteiger partial charge on any atom is -0.301 e. The molecule has 0 aromatic carbocycles. The van der Waals surface area contributed by atoms with Gasteiger partial charge in [0.25, 0.3) is 0 Å². The van der Waals surface area contributed by atoms with Crippen molar-refractivity contribution < 1.29 is 0 Å². The van der Waals surface area contributed by atoms with Crippen LogP contribution in [-0.2, 0) is 0 Å². The van der Waals surface area contributed by atoms with Gasteiger partial charge in [0.05, 0.1) is 0 Å². The minimum absolute atomic E-state index is 0.440. The maximum Gasteiger partial charge on any atom is 0.0192 e. The molecule has 78 valence electrons. The monoisotopic (exact) mass is 184 g/mol. The van der Waals surface area contributed by atoms with Crippen molar-refractivity contribution in [1.29, 1.82) is 0 Å². The molecule has 1 heterocycles. The van der Waals surface area contributed by atoms with E-state index in [2.05, 4.69) is 44.5 Å². The molecule has 0 aliphatic carbocycles. The van der Waals surface area contributed by atoms with Gasteiger partial charge in [0, 0.05) is 32.2 Å². The van der Waals surface area contributed by atoms with Crippen molar-refractivity contribution in [3.63, 3.8) is 0 Å². The third-order valence-corrected chi connectivity index (χ3v) is 2.74. The summed E-state index contributed by atoms with van der Waals surface area (Å²) in [7, 11) is 2.22. The summed E-state index contributed by atoms with van der Waals surface area (Å²) in [6, 6.07) is 0.719. The highest BCUT2D eigenvalue weighted by Gasteiger charge is 2.23. The average Bonchev–Trinajstić information content (AvgIpc) is 1.94. The Hall–Kier alpha value is -0.0800. The number of hydrogen-bond donors (Lipinski definition) is 0. The molecule has 0 aromatic heterocycles. The normalized spacial score (nSPS) is 27.9. The molecule has 0 amide bonds. The van der Waals surface area contributed by atoms with E-state index in [-0.39, 0.29) is 0 Å². The zero-order valence-electron chi connectivity index (χ0n) is 9.80.